The maximum absolute atomic E-state index is 12.9. The molecule has 40 heavy (non-hydrogen) atoms. The van der Waals surface area contributed by atoms with Crippen molar-refractivity contribution in [1.82, 2.24) is 4.90 Å². The van der Waals surface area contributed by atoms with Gasteiger partial charge in [0.2, 0.25) is 5.91 Å². The number of anilines is 2. The molecule has 0 spiro atoms. The number of rotatable bonds is 10. The smallest absolute Gasteiger partial charge is 0.294 e. The molecule has 4 rings (SSSR count). The van der Waals surface area contributed by atoms with Crippen LogP contribution in [0, 0.1) is 10.5 Å². The van der Waals surface area contributed by atoms with Crippen molar-refractivity contribution in [2.45, 2.75) is 13.8 Å². The van der Waals surface area contributed by atoms with Crippen LogP contribution in [-0.2, 0) is 14.4 Å². The van der Waals surface area contributed by atoms with Crippen molar-refractivity contribution in [3.63, 3.8) is 0 Å². The highest BCUT2D eigenvalue weighted by Gasteiger charge is 2.36. The fraction of sp³-hybridized carbons (Fsp3) is 0.172. The Morgan fingerprint density at radius 3 is 2.42 bits per heavy atom. The van der Waals surface area contributed by atoms with Crippen LogP contribution < -0.4 is 20.1 Å². The Morgan fingerprint density at radius 2 is 1.70 bits per heavy atom. The summed E-state index contributed by atoms with van der Waals surface area (Å²) in [5.41, 5.74) is 2.81. The number of benzene rings is 3. The molecule has 9 nitrogen and oxygen atoms in total. The third kappa shape index (κ3) is 7.63. The number of thioether (sulfide) groups is 1. The molecule has 0 aliphatic carbocycles. The van der Waals surface area contributed by atoms with Gasteiger partial charge >= 0.3 is 0 Å². The zero-order chi connectivity index (χ0) is 28.6. The number of halogens is 1. The lowest BCUT2D eigenvalue weighted by Crippen LogP contribution is -2.36. The van der Waals surface area contributed by atoms with Gasteiger partial charge in [-0.2, -0.15) is 0 Å². The number of hydrogen-bond acceptors (Lipinski definition) is 7. The molecule has 0 bridgehead atoms. The molecule has 0 aromatic heterocycles. The van der Waals surface area contributed by atoms with Gasteiger partial charge in [0.15, 0.2) is 18.1 Å². The minimum absolute atomic E-state index is 0.181. The molecule has 1 aliphatic heterocycles. The van der Waals surface area contributed by atoms with Gasteiger partial charge in [0.1, 0.15) is 6.54 Å². The minimum Gasteiger partial charge on any atom is -0.490 e. The second-order valence-corrected chi connectivity index (χ2v) is 10.9. The first-order valence-corrected chi connectivity index (χ1v) is 14.2. The van der Waals surface area contributed by atoms with Gasteiger partial charge in [0, 0.05) is 14.9 Å². The van der Waals surface area contributed by atoms with Gasteiger partial charge in [-0.1, -0.05) is 24.3 Å². The molecular formula is C29H26IN3O6S. The molecular weight excluding hydrogens is 645 g/mol. The van der Waals surface area contributed by atoms with Crippen LogP contribution in [-0.4, -0.2) is 47.6 Å². The van der Waals surface area contributed by atoms with Crippen molar-refractivity contribution in [2.75, 3.05) is 30.4 Å². The van der Waals surface area contributed by atoms with E-state index in [2.05, 4.69) is 33.2 Å². The van der Waals surface area contributed by atoms with Crippen LogP contribution in [0.15, 0.2) is 71.6 Å². The zero-order valence-electron chi connectivity index (χ0n) is 21.7. The monoisotopic (exact) mass is 671 g/mol. The van der Waals surface area contributed by atoms with Gasteiger partial charge in [-0.05, 0) is 108 Å². The quantitative estimate of drug-likeness (QED) is 0.210. The molecule has 0 saturated carbocycles. The summed E-state index contributed by atoms with van der Waals surface area (Å²) in [6.45, 7) is 3.44. The zero-order valence-corrected chi connectivity index (χ0v) is 24.7. The summed E-state index contributed by atoms with van der Waals surface area (Å²) in [5, 5.41) is 4.97. The first kappa shape index (κ1) is 29.2. The first-order valence-electron chi connectivity index (χ1n) is 12.3. The van der Waals surface area contributed by atoms with E-state index in [4.69, 9.17) is 9.47 Å². The average Bonchev–Trinajstić information content (AvgIpc) is 3.18. The van der Waals surface area contributed by atoms with Crippen LogP contribution >= 0.6 is 34.4 Å². The van der Waals surface area contributed by atoms with Crippen molar-refractivity contribution in [3.05, 3.63) is 86.3 Å². The number of ether oxygens (including phenoxy) is 2. The number of nitrogens with one attached hydrogen (secondary N) is 2. The number of aryl methyl sites for hydroxylation is 1. The molecule has 3 aromatic rings. The number of para-hydroxylation sites is 1. The second kappa shape index (κ2) is 13.5. The molecule has 11 heteroatoms. The predicted octanol–water partition coefficient (Wildman–Crippen LogP) is 5.69. The normalized spacial score (nSPS) is 13.9. The van der Waals surface area contributed by atoms with Crippen LogP contribution in [0.4, 0.5) is 16.2 Å². The molecule has 3 aromatic carbocycles. The molecule has 1 saturated heterocycles. The van der Waals surface area contributed by atoms with Gasteiger partial charge < -0.3 is 20.1 Å². The maximum Gasteiger partial charge on any atom is 0.294 e. The summed E-state index contributed by atoms with van der Waals surface area (Å²) in [7, 11) is 0. The molecule has 0 atom stereocenters. The van der Waals surface area contributed by atoms with E-state index < -0.39 is 23.6 Å². The van der Waals surface area contributed by atoms with Crippen molar-refractivity contribution >= 4 is 74.8 Å². The maximum atomic E-state index is 12.9. The number of carbonyl (C=O) groups is 4. The molecule has 206 valence electrons. The van der Waals surface area contributed by atoms with E-state index in [1.165, 1.54) is 0 Å². The lowest BCUT2D eigenvalue weighted by molar-refractivity contribution is -0.127. The Bertz CT molecular complexity index is 1470. The van der Waals surface area contributed by atoms with Gasteiger partial charge in [0.25, 0.3) is 17.1 Å². The van der Waals surface area contributed by atoms with E-state index in [1.54, 1.807) is 36.4 Å². The topological polar surface area (TPSA) is 114 Å². The third-order valence-electron chi connectivity index (χ3n) is 5.65. The lowest BCUT2D eigenvalue weighted by Gasteiger charge is -2.13. The molecule has 4 amide bonds. The standard InChI is InChI=1S/C29H26IN3O6S/c1-3-38-24-14-19(8-13-23(24)39-17-27(35)32-22-7-5-4-6-18(22)2)15-25-28(36)33(29(37)40-25)16-26(34)31-21-11-9-20(30)10-12-21/h4-15H,3,16-17H2,1-2H3,(H,31,34)(H,32,35)/b25-15-. The molecule has 2 N–H and O–H groups in total. The number of carbonyl (C=O) groups excluding carboxylic acids is 4. The van der Waals surface area contributed by atoms with Crippen LogP contribution in [0.3, 0.4) is 0 Å². The number of amides is 4. The van der Waals surface area contributed by atoms with Crippen molar-refractivity contribution in [2.24, 2.45) is 0 Å². The largest absolute Gasteiger partial charge is 0.490 e. The predicted molar refractivity (Wildman–Crippen MR) is 163 cm³/mol. The second-order valence-electron chi connectivity index (χ2n) is 8.61. The number of hydrogen-bond donors (Lipinski definition) is 2. The number of imide groups is 1. The van der Waals surface area contributed by atoms with Crippen molar-refractivity contribution in [3.8, 4) is 11.5 Å². The highest BCUT2D eigenvalue weighted by molar-refractivity contribution is 14.1. The Labute approximate surface area is 249 Å². The summed E-state index contributed by atoms with van der Waals surface area (Å²) in [6, 6.07) is 19.6. The van der Waals surface area contributed by atoms with E-state index in [0.717, 1.165) is 25.8 Å². The summed E-state index contributed by atoms with van der Waals surface area (Å²) in [4.78, 5) is 51.4. The fourth-order valence-corrected chi connectivity index (χ4v) is 4.91. The van der Waals surface area contributed by atoms with Crippen LogP contribution in [0.2, 0.25) is 0 Å². The van der Waals surface area contributed by atoms with E-state index in [0.29, 0.717) is 35.0 Å². The van der Waals surface area contributed by atoms with E-state index in [9.17, 15) is 19.2 Å². The molecule has 1 fully saturated rings. The minimum atomic E-state index is -0.557. The van der Waals surface area contributed by atoms with Gasteiger partial charge in [-0.3, -0.25) is 24.1 Å². The Kier molecular flexibility index (Phi) is 9.83. The lowest BCUT2D eigenvalue weighted by atomic mass is 10.2. The van der Waals surface area contributed by atoms with E-state index in [-0.39, 0.29) is 17.4 Å². The summed E-state index contributed by atoms with van der Waals surface area (Å²) in [5.74, 6) is -0.605. The summed E-state index contributed by atoms with van der Waals surface area (Å²) in [6.07, 6.45) is 1.55. The third-order valence-corrected chi connectivity index (χ3v) is 7.27. The Morgan fingerprint density at radius 1 is 0.950 bits per heavy atom. The molecule has 1 aliphatic rings. The van der Waals surface area contributed by atoms with Crippen LogP contribution in [0.25, 0.3) is 6.08 Å². The van der Waals surface area contributed by atoms with Gasteiger partial charge in [0.05, 0.1) is 11.5 Å². The Hall–Kier alpha value is -3.84. The van der Waals surface area contributed by atoms with Gasteiger partial charge in [-0.25, -0.2) is 0 Å². The van der Waals surface area contributed by atoms with E-state index >= 15 is 0 Å². The van der Waals surface area contributed by atoms with Crippen LogP contribution in [0.1, 0.15) is 18.1 Å². The van der Waals surface area contributed by atoms with Crippen molar-refractivity contribution < 1.29 is 28.7 Å². The number of nitrogens with zero attached hydrogens (tertiary/aromatic N) is 1. The molecule has 0 radical (unpaired) electrons. The molecule has 1 heterocycles. The highest BCUT2D eigenvalue weighted by atomic mass is 127. The average molecular weight is 672 g/mol. The fourth-order valence-electron chi connectivity index (χ4n) is 3.71. The van der Waals surface area contributed by atoms with Crippen LogP contribution in [0.5, 0.6) is 11.5 Å². The highest BCUT2D eigenvalue weighted by Crippen LogP contribution is 2.34. The van der Waals surface area contributed by atoms with E-state index in [1.807, 2.05) is 50.2 Å². The molecule has 0 unspecified atom stereocenters. The Balaban J connectivity index is 1.40. The van der Waals surface area contributed by atoms with Crippen molar-refractivity contribution in [1.29, 1.82) is 0 Å². The summed E-state index contributed by atoms with van der Waals surface area (Å²) < 4.78 is 12.4. The SMILES string of the molecule is CCOc1cc(/C=C2\SC(=O)N(CC(=O)Nc3ccc(I)cc3)C2=O)ccc1OCC(=O)Nc1ccccc1C. The first-order chi connectivity index (χ1) is 19.2. The summed E-state index contributed by atoms with van der Waals surface area (Å²) >= 11 is 2.91. The van der Waals surface area contributed by atoms with Gasteiger partial charge in [-0.15, -0.1) is 0 Å².